The molecule has 15 heavy (non-hydrogen) atoms. The number of hydrogen-bond donors (Lipinski definition) is 1. The molecule has 1 atom stereocenters. The summed E-state index contributed by atoms with van der Waals surface area (Å²) in [5, 5.41) is 0. The summed E-state index contributed by atoms with van der Waals surface area (Å²) < 4.78 is 6.32. The van der Waals surface area contributed by atoms with Gasteiger partial charge in [-0.25, -0.2) is 9.97 Å². The van der Waals surface area contributed by atoms with E-state index >= 15 is 0 Å². The van der Waals surface area contributed by atoms with Crippen molar-refractivity contribution in [2.24, 2.45) is 0 Å². The number of aryl methyl sites for hydroxylation is 1. The van der Waals surface area contributed by atoms with Crippen LogP contribution in [-0.4, -0.2) is 22.7 Å². The second-order valence-corrected chi connectivity index (χ2v) is 4.56. The Kier molecular flexibility index (Phi) is 3.21. The second kappa shape index (κ2) is 4.45. The smallest absolute Gasteiger partial charge is 0.141 e. The van der Waals surface area contributed by atoms with Crippen LogP contribution in [0.1, 0.15) is 24.4 Å². The standard InChI is InChI=1S/C10H14BrN3O/c1-6-9(11)10(12)14-8(13-6)5-7-3-2-4-15-7/h7H,2-5H2,1H3,(H2,12,13,14). The molecule has 0 bridgehead atoms. The predicted molar refractivity (Wildman–Crippen MR) is 61.6 cm³/mol. The van der Waals surface area contributed by atoms with E-state index in [0.717, 1.165) is 41.9 Å². The molecule has 0 amide bonds. The van der Waals surface area contributed by atoms with Crippen molar-refractivity contribution in [3.63, 3.8) is 0 Å². The van der Waals surface area contributed by atoms with E-state index in [1.807, 2.05) is 6.92 Å². The van der Waals surface area contributed by atoms with Gasteiger partial charge in [0.2, 0.25) is 0 Å². The lowest BCUT2D eigenvalue weighted by Gasteiger charge is -2.09. The molecule has 0 spiro atoms. The third kappa shape index (κ3) is 2.46. The van der Waals surface area contributed by atoms with E-state index in [1.165, 1.54) is 0 Å². The van der Waals surface area contributed by atoms with Gasteiger partial charge in [-0.3, -0.25) is 0 Å². The maximum absolute atomic E-state index is 5.76. The molecule has 2 heterocycles. The summed E-state index contributed by atoms with van der Waals surface area (Å²) in [5.74, 6) is 1.29. The van der Waals surface area contributed by atoms with Crippen LogP contribution in [0.4, 0.5) is 5.82 Å². The lowest BCUT2D eigenvalue weighted by Crippen LogP contribution is -2.13. The molecule has 0 aromatic carbocycles. The van der Waals surface area contributed by atoms with Crippen molar-refractivity contribution in [3.8, 4) is 0 Å². The van der Waals surface area contributed by atoms with Gasteiger partial charge in [-0.05, 0) is 35.7 Å². The van der Waals surface area contributed by atoms with Crippen LogP contribution in [0, 0.1) is 6.92 Å². The molecule has 1 aromatic heterocycles. The zero-order valence-corrected chi connectivity index (χ0v) is 10.2. The van der Waals surface area contributed by atoms with E-state index in [-0.39, 0.29) is 6.10 Å². The van der Waals surface area contributed by atoms with Crippen molar-refractivity contribution >= 4 is 21.7 Å². The van der Waals surface area contributed by atoms with Gasteiger partial charge in [0.1, 0.15) is 11.6 Å². The molecule has 2 N–H and O–H groups in total. The summed E-state index contributed by atoms with van der Waals surface area (Å²) in [6.45, 7) is 2.77. The van der Waals surface area contributed by atoms with Gasteiger partial charge < -0.3 is 10.5 Å². The molecular weight excluding hydrogens is 258 g/mol. The van der Waals surface area contributed by atoms with Gasteiger partial charge in [-0.2, -0.15) is 0 Å². The highest BCUT2D eigenvalue weighted by molar-refractivity contribution is 9.10. The molecule has 1 saturated heterocycles. The fraction of sp³-hybridized carbons (Fsp3) is 0.600. The van der Waals surface area contributed by atoms with Crippen LogP contribution in [0.5, 0.6) is 0 Å². The summed E-state index contributed by atoms with van der Waals surface area (Å²) in [6, 6.07) is 0. The number of hydrogen-bond acceptors (Lipinski definition) is 4. The third-order valence-electron chi connectivity index (χ3n) is 2.52. The fourth-order valence-corrected chi connectivity index (χ4v) is 1.92. The molecule has 1 unspecified atom stereocenters. The minimum atomic E-state index is 0.268. The van der Waals surface area contributed by atoms with Crippen LogP contribution in [0.15, 0.2) is 4.47 Å². The van der Waals surface area contributed by atoms with Crippen LogP contribution in [0.3, 0.4) is 0 Å². The Bertz CT molecular complexity index is 341. The van der Waals surface area contributed by atoms with Gasteiger partial charge in [0.05, 0.1) is 16.3 Å². The Hall–Kier alpha value is -0.680. The van der Waals surface area contributed by atoms with E-state index in [9.17, 15) is 0 Å². The van der Waals surface area contributed by atoms with Crippen LogP contribution < -0.4 is 5.73 Å². The summed E-state index contributed by atoms with van der Waals surface area (Å²) in [7, 11) is 0. The Balaban J connectivity index is 2.14. The molecule has 5 heteroatoms. The highest BCUT2D eigenvalue weighted by Crippen LogP contribution is 2.22. The summed E-state index contributed by atoms with van der Waals surface area (Å²) in [5.41, 5.74) is 6.64. The average molecular weight is 272 g/mol. The van der Waals surface area contributed by atoms with Crippen LogP contribution in [0.25, 0.3) is 0 Å². The number of nitrogens with zero attached hydrogens (tertiary/aromatic N) is 2. The van der Waals surface area contributed by atoms with Gasteiger partial charge in [0.15, 0.2) is 0 Å². The molecule has 1 fully saturated rings. The van der Waals surface area contributed by atoms with Crippen molar-refractivity contribution < 1.29 is 4.74 Å². The van der Waals surface area contributed by atoms with Crippen LogP contribution >= 0.6 is 15.9 Å². The van der Waals surface area contributed by atoms with Crippen molar-refractivity contribution in [2.45, 2.75) is 32.3 Å². The SMILES string of the molecule is Cc1nc(CC2CCCO2)nc(N)c1Br. The number of rotatable bonds is 2. The molecule has 1 aromatic rings. The summed E-state index contributed by atoms with van der Waals surface area (Å²) in [6.07, 6.45) is 3.26. The van der Waals surface area contributed by atoms with Crippen molar-refractivity contribution in [3.05, 3.63) is 16.0 Å². The van der Waals surface area contributed by atoms with Crippen LogP contribution in [0.2, 0.25) is 0 Å². The lowest BCUT2D eigenvalue weighted by atomic mass is 10.2. The molecule has 4 nitrogen and oxygen atoms in total. The first-order valence-corrected chi connectivity index (χ1v) is 5.86. The number of anilines is 1. The molecule has 0 radical (unpaired) electrons. The normalized spacial score (nSPS) is 20.8. The number of nitrogens with two attached hydrogens (primary N) is 1. The first kappa shape index (κ1) is 10.8. The van der Waals surface area contributed by atoms with Crippen molar-refractivity contribution in [2.75, 3.05) is 12.3 Å². The number of aromatic nitrogens is 2. The molecule has 1 aliphatic rings. The molecule has 0 aliphatic carbocycles. The first-order valence-electron chi connectivity index (χ1n) is 5.07. The van der Waals surface area contributed by atoms with Crippen molar-refractivity contribution in [1.82, 2.24) is 9.97 Å². The third-order valence-corrected chi connectivity index (χ3v) is 3.50. The van der Waals surface area contributed by atoms with Crippen molar-refractivity contribution in [1.29, 1.82) is 0 Å². The monoisotopic (exact) mass is 271 g/mol. The second-order valence-electron chi connectivity index (χ2n) is 3.76. The summed E-state index contributed by atoms with van der Waals surface area (Å²) in [4.78, 5) is 8.62. The van der Waals surface area contributed by atoms with Gasteiger partial charge in [0, 0.05) is 13.0 Å². The average Bonchev–Trinajstić information content (AvgIpc) is 2.66. The number of halogens is 1. The van der Waals surface area contributed by atoms with Gasteiger partial charge in [-0.1, -0.05) is 0 Å². The zero-order valence-electron chi connectivity index (χ0n) is 8.66. The maximum atomic E-state index is 5.76. The highest BCUT2D eigenvalue weighted by Gasteiger charge is 2.18. The quantitative estimate of drug-likeness (QED) is 0.892. The first-order chi connectivity index (χ1) is 7.16. The minimum absolute atomic E-state index is 0.268. The van der Waals surface area contributed by atoms with Gasteiger partial charge >= 0.3 is 0 Å². The Morgan fingerprint density at radius 3 is 2.93 bits per heavy atom. The maximum Gasteiger partial charge on any atom is 0.141 e. The van der Waals surface area contributed by atoms with Crippen LogP contribution in [-0.2, 0) is 11.2 Å². The Morgan fingerprint density at radius 2 is 2.33 bits per heavy atom. The van der Waals surface area contributed by atoms with E-state index in [0.29, 0.717) is 5.82 Å². The molecule has 2 rings (SSSR count). The molecule has 1 aliphatic heterocycles. The molecule has 0 saturated carbocycles. The Labute approximate surface area is 97.4 Å². The highest BCUT2D eigenvalue weighted by atomic mass is 79.9. The van der Waals surface area contributed by atoms with E-state index < -0.39 is 0 Å². The largest absolute Gasteiger partial charge is 0.383 e. The van der Waals surface area contributed by atoms with E-state index in [4.69, 9.17) is 10.5 Å². The zero-order chi connectivity index (χ0) is 10.8. The molecular formula is C10H14BrN3O. The minimum Gasteiger partial charge on any atom is -0.383 e. The lowest BCUT2D eigenvalue weighted by molar-refractivity contribution is 0.110. The Morgan fingerprint density at radius 1 is 1.53 bits per heavy atom. The van der Waals surface area contributed by atoms with Gasteiger partial charge in [-0.15, -0.1) is 0 Å². The molecule has 82 valence electrons. The topological polar surface area (TPSA) is 61.0 Å². The number of nitrogen functional groups attached to an aromatic ring is 1. The summed E-state index contributed by atoms with van der Waals surface area (Å²) >= 11 is 3.34. The van der Waals surface area contributed by atoms with Gasteiger partial charge in [0.25, 0.3) is 0 Å². The van der Waals surface area contributed by atoms with E-state index in [2.05, 4.69) is 25.9 Å². The predicted octanol–water partition coefficient (Wildman–Crippen LogP) is 1.85. The number of ether oxygens (including phenoxy) is 1. The fourth-order valence-electron chi connectivity index (χ4n) is 1.74. The van der Waals surface area contributed by atoms with E-state index in [1.54, 1.807) is 0 Å².